The number of thiophene rings is 1. The molecule has 0 aromatic carbocycles. The largest absolute Gasteiger partial charge is 0.364 e. The monoisotopic (exact) mass is 242 g/mol. The van der Waals surface area contributed by atoms with Gasteiger partial charge in [-0.3, -0.25) is 0 Å². The highest BCUT2D eigenvalue weighted by molar-refractivity contribution is 7.14. The second-order valence-corrected chi connectivity index (χ2v) is 4.82. The second-order valence-electron chi connectivity index (χ2n) is 3.28. The number of rotatable bonds is 4. The highest BCUT2D eigenvalue weighted by atomic mass is 35.5. The summed E-state index contributed by atoms with van der Waals surface area (Å²) >= 11 is 7.41. The molecule has 2 aromatic rings. The van der Waals surface area contributed by atoms with Crippen molar-refractivity contribution in [1.29, 1.82) is 0 Å². The standard InChI is InChI=1S/C10H11ClN2OS/c1-7(8-4-10(11)15-6-8)12-5-9-2-3-14-13-9/h2-4,6-7,12H,5H2,1H3. The third kappa shape index (κ3) is 2.81. The minimum Gasteiger partial charge on any atom is -0.364 e. The van der Waals surface area contributed by atoms with Crippen LogP contribution in [0.2, 0.25) is 4.34 Å². The lowest BCUT2D eigenvalue weighted by Crippen LogP contribution is -2.17. The van der Waals surface area contributed by atoms with Gasteiger partial charge < -0.3 is 9.84 Å². The molecule has 0 aliphatic rings. The minimum absolute atomic E-state index is 0.269. The van der Waals surface area contributed by atoms with E-state index in [0.29, 0.717) is 6.54 Å². The van der Waals surface area contributed by atoms with Crippen molar-refractivity contribution in [3.05, 3.63) is 39.4 Å². The first-order chi connectivity index (χ1) is 7.25. The zero-order chi connectivity index (χ0) is 10.7. The summed E-state index contributed by atoms with van der Waals surface area (Å²) < 4.78 is 5.57. The molecule has 80 valence electrons. The maximum atomic E-state index is 5.87. The minimum atomic E-state index is 0.269. The maximum absolute atomic E-state index is 5.87. The zero-order valence-electron chi connectivity index (χ0n) is 8.24. The van der Waals surface area contributed by atoms with Crippen LogP contribution < -0.4 is 5.32 Å². The normalized spacial score (nSPS) is 12.9. The van der Waals surface area contributed by atoms with Gasteiger partial charge in [-0.2, -0.15) is 0 Å². The van der Waals surface area contributed by atoms with E-state index in [4.69, 9.17) is 16.1 Å². The lowest BCUT2D eigenvalue weighted by Gasteiger charge is -2.10. The van der Waals surface area contributed by atoms with Crippen LogP contribution in [0, 0.1) is 0 Å². The van der Waals surface area contributed by atoms with E-state index in [1.807, 2.05) is 12.1 Å². The highest BCUT2D eigenvalue weighted by Gasteiger charge is 2.07. The van der Waals surface area contributed by atoms with E-state index in [1.165, 1.54) is 5.56 Å². The molecule has 0 saturated heterocycles. The third-order valence-electron chi connectivity index (χ3n) is 2.17. The van der Waals surface area contributed by atoms with Gasteiger partial charge in [-0.1, -0.05) is 16.8 Å². The molecule has 0 saturated carbocycles. The second kappa shape index (κ2) is 4.79. The van der Waals surface area contributed by atoms with E-state index in [2.05, 4.69) is 22.8 Å². The number of hydrogen-bond acceptors (Lipinski definition) is 4. The Morgan fingerprint density at radius 2 is 2.53 bits per heavy atom. The van der Waals surface area contributed by atoms with Gasteiger partial charge in [0.2, 0.25) is 0 Å². The molecule has 1 unspecified atom stereocenters. The lowest BCUT2D eigenvalue weighted by atomic mass is 10.2. The van der Waals surface area contributed by atoms with Crippen molar-refractivity contribution in [1.82, 2.24) is 10.5 Å². The smallest absolute Gasteiger partial charge is 0.124 e. The van der Waals surface area contributed by atoms with Crippen molar-refractivity contribution in [2.75, 3.05) is 0 Å². The van der Waals surface area contributed by atoms with Crippen molar-refractivity contribution in [2.24, 2.45) is 0 Å². The molecule has 3 nitrogen and oxygen atoms in total. The molecule has 2 heterocycles. The Kier molecular flexibility index (Phi) is 3.41. The van der Waals surface area contributed by atoms with Gasteiger partial charge in [0.1, 0.15) is 6.26 Å². The first kappa shape index (κ1) is 10.7. The van der Waals surface area contributed by atoms with E-state index in [-0.39, 0.29) is 6.04 Å². The first-order valence-corrected chi connectivity index (χ1v) is 5.88. The van der Waals surface area contributed by atoms with Gasteiger partial charge in [0.05, 0.1) is 10.0 Å². The summed E-state index contributed by atoms with van der Waals surface area (Å²) in [6, 6.07) is 4.10. The van der Waals surface area contributed by atoms with E-state index < -0.39 is 0 Å². The Labute approximate surface area is 97.0 Å². The molecule has 2 aromatic heterocycles. The Morgan fingerprint density at radius 3 is 3.13 bits per heavy atom. The molecule has 15 heavy (non-hydrogen) atoms. The molecule has 2 rings (SSSR count). The maximum Gasteiger partial charge on any atom is 0.124 e. The molecule has 0 bridgehead atoms. The number of nitrogens with one attached hydrogen (secondary N) is 1. The molecule has 0 amide bonds. The average Bonchev–Trinajstić information content (AvgIpc) is 2.84. The molecule has 1 atom stereocenters. The zero-order valence-corrected chi connectivity index (χ0v) is 9.81. The summed E-state index contributed by atoms with van der Waals surface area (Å²) in [5, 5.41) is 9.22. The molecule has 0 fully saturated rings. The van der Waals surface area contributed by atoms with Crippen molar-refractivity contribution in [2.45, 2.75) is 19.5 Å². The van der Waals surface area contributed by atoms with Crippen LogP contribution in [-0.4, -0.2) is 5.16 Å². The molecule has 0 spiro atoms. The van der Waals surface area contributed by atoms with Crippen LogP contribution in [0.25, 0.3) is 0 Å². The molecular formula is C10H11ClN2OS. The topological polar surface area (TPSA) is 38.1 Å². The molecule has 0 aliphatic heterocycles. The number of halogens is 1. The fourth-order valence-corrected chi connectivity index (χ4v) is 2.24. The summed E-state index contributed by atoms with van der Waals surface area (Å²) in [5.74, 6) is 0. The molecule has 1 N–H and O–H groups in total. The summed E-state index contributed by atoms with van der Waals surface area (Å²) in [7, 11) is 0. The number of aromatic nitrogens is 1. The first-order valence-electron chi connectivity index (χ1n) is 4.62. The van der Waals surface area contributed by atoms with Gasteiger partial charge in [0.25, 0.3) is 0 Å². The van der Waals surface area contributed by atoms with Crippen LogP contribution in [0.15, 0.2) is 28.3 Å². The predicted molar refractivity (Wildman–Crippen MR) is 61.1 cm³/mol. The number of hydrogen-bond donors (Lipinski definition) is 1. The number of nitrogens with zero attached hydrogens (tertiary/aromatic N) is 1. The summed E-state index contributed by atoms with van der Waals surface area (Å²) in [5.41, 5.74) is 2.11. The van der Waals surface area contributed by atoms with E-state index in [9.17, 15) is 0 Å². The van der Waals surface area contributed by atoms with Crippen LogP contribution in [0.3, 0.4) is 0 Å². The fraction of sp³-hybridized carbons (Fsp3) is 0.300. The summed E-state index contributed by atoms with van der Waals surface area (Å²) in [6.45, 7) is 2.80. The highest BCUT2D eigenvalue weighted by Crippen LogP contribution is 2.24. The molecule has 5 heteroatoms. The quantitative estimate of drug-likeness (QED) is 0.895. The fourth-order valence-electron chi connectivity index (χ4n) is 1.25. The SMILES string of the molecule is CC(NCc1ccon1)c1csc(Cl)c1. The Morgan fingerprint density at radius 1 is 1.67 bits per heavy atom. The Hall–Kier alpha value is -0.840. The lowest BCUT2D eigenvalue weighted by molar-refractivity contribution is 0.406. The van der Waals surface area contributed by atoms with Gasteiger partial charge in [-0.05, 0) is 23.9 Å². The van der Waals surface area contributed by atoms with Crippen LogP contribution in [0.5, 0.6) is 0 Å². The van der Waals surface area contributed by atoms with Gasteiger partial charge in [0, 0.05) is 18.7 Å². The van der Waals surface area contributed by atoms with Crippen molar-refractivity contribution < 1.29 is 4.52 Å². The Balaban J connectivity index is 1.90. The van der Waals surface area contributed by atoms with Crippen molar-refractivity contribution >= 4 is 22.9 Å². The predicted octanol–water partition coefficient (Wildman–Crippen LogP) is 3.24. The van der Waals surface area contributed by atoms with Crippen molar-refractivity contribution in [3.8, 4) is 0 Å². The average molecular weight is 243 g/mol. The van der Waals surface area contributed by atoms with Gasteiger partial charge >= 0.3 is 0 Å². The van der Waals surface area contributed by atoms with Crippen LogP contribution >= 0.6 is 22.9 Å². The third-order valence-corrected chi connectivity index (χ3v) is 3.28. The van der Waals surface area contributed by atoms with Crippen molar-refractivity contribution in [3.63, 3.8) is 0 Å². The van der Waals surface area contributed by atoms with Crippen LogP contribution in [-0.2, 0) is 6.54 Å². The van der Waals surface area contributed by atoms with E-state index in [0.717, 1.165) is 10.0 Å². The molecule has 0 radical (unpaired) electrons. The summed E-state index contributed by atoms with van der Waals surface area (Å²) in [6.07, 6.45) is 1.57. The molecule has 0 aliphatic carbocycles. The van der Waals surface area contributed by atoms with Gasteiger partial charge in [0.15, 0.2) is 0 Å². The summed E-state index contributed by atoms with van der Waals surface area (Å²) in [4.78, 5) is 0. The van der Waals surface area contributed by atoms with Crippen LogP contribution in [0.1, 0.15) is 24.2 Å². The van der Waals surface area contributed by atoms with E-state index >= 15 is 0 Å². The van der Waals surface area contributed by atoms with Crippen LogP contribution in [0.4, 0.5) is 0 Å². The Bertz CT molecular complexity index is 413. The van der Waals surface area contributed by atoms with E-state index in [1.54, 1.807) is 17.6 Å². The molecular weight excluding hydrogens is 232 g/mol. The van der Waals surface area contributed by atoms with Gasteiger partial charge in [-0.25, -0.2) is 0 Å². The van der Waals surface area contributed by atoms with Gasteiger partial charge in [-0.15, -0.1) is 11.3 Å².